The fourth-order valence-corrected chi connectivity index (χ4v) is 1.84. The van der Waals surface area contributed by atoms with Gasteiger partial charge in [0.2, 0.25) is 0 Å². The molecule has 5 heteroatoms. The van der Waals surface area contributed by atoms with Crippen LogP contribution in [0.5, 0.6) is 0 Å². The van der Waals surface area contributed by atoms with Gasteiger partial charge in [-0.05, 0) is 38.2 Å². The summed E-state index contributed by atoms with van der Waals surface area (Å²) in [5.74, 6) is 0. The molecule has 2 rings (SSSR count). The van der Waals surface area contributed by atoms with Crippen LogP contribution in [0.15, 0.2) is 4.79 Å². The van der Waals surface area contributed by atoms with Gasteiger partial charge in [0.05, 0.1) is 11.4 Å². The predicted octanol–water partition coefficient (Wildman–Crippen LogP) is 1.09. The first-order valence-electron chi connectivity index (χ1n) is 4.51. The SMILES string of the molecule is Cc1c2c(nc(=O)n1O)CCCC2.Cl. The molecule has 78 valence electrons. The van der Waals surface area contributed by atoms with E-state index < -0.39 is 5.69 Å². The Morgan fingerprint density at radius 3 is 2.71 bits per heavy atom. The summed E-state index contributed by atoms with van der Waals surface area (Å²) < 4.78 is 0.643. The smallest absolute Gasteiger partial charge is 0.380 e. The van der Waals surface area contributed by atoms with Gasteiger partial charge in [-0.3, -0.25) is 0 Å². The second kappa shape index (κ2) is 4.00. The minimum atomic E-state index is -0.557. The van der Waals surface area contributed by atoms with Gasteiger partial charge in [-0.15, -0.1) is 17.1 Å². The van der Waals surface area contributed by atoms with Gasteiger partial charge >= 0.3 is 5.69 Å². The van der Waals surface area contributed by atoms with Gasteiger partial charge < -0.3 is 5.21 Å². The fourth-order valence-electron chi connectivity index (χ4n) is 1.84. The van der Waals surface area contributed by atoms with Crippen molar-refractivity contribution in [3.63, 3.8) is 0 Å². The molecule has 1 N–H and O–H groups in total. The molecular formula is C9H13ClN2O2. The summed E-state index contributed by atoms with van der Waals surface area (Å²) in [6.07, 6.45) is 4.00. The Bertz CT molecular complexity index is 401. The van der Waals surface area contributed by atoms with E-state index >= 15 is 0 Å². The molecule has 0 fully saturated rings. The van der Waals surface area contributed by atoms with E-state index in [1.54, 1.807) is 6.92 Å². The summed E-state index contributed by atoms with van der Waals surface area (Å²) in [4.78, 5) is 14.9. The Balaban J connectivity index is 0.000000980. The third kappa shape index (κ3) is 1.62. The average Bonchev–Trinajstić information content (AvgIpc) is 2.15. The highest BCUT2D eigenvalue weighted by Crippen LogP contribution is 2.20. The van der Waals surface area contributed by atoms with Gasteiger partial charge in [0.25, 0.3) is 0 Å². The van der Waals surface area contributed by atoms with Crippen LogP contribution in [0.1, 0.15) is 29.8 Å². The normalized spacial score (nSPS) is 14.4. The van der Waals surface area contributed by atoms with Crippen LogP contribution in [0.4, 0.5) is 0 Å². The number of halogens is 1. The average molecular weight is 217 g/mol. The van der Waals surface area contributed by atoms with E-state index in [4.69, 9.17) is 0 Å². The lowest BCUT2D eigenvalue weighted by Crippen LogP contribution is -2.28. The van der Waals surface area contributed by atoms with E-state index in [-0.39, 0.29) is 12.4 Å². The molecule has 1 aliphatic rings. The third-order valence-corrected chi connectivity index (χ3v) is 2.60. The molecule has 0 saturated carbocycles. The molecule has 1 aliphatic carbocycles. The van der Waals surface area contributed by atoms with Gasteiger partial charge in [-0.2, -0.15) is 4.98 Å². The number of fused-ring (bicyclic) bond motifs is 1. The Morgan fingerprint density at radius 2 is 2.00 bits per heavy atom. The van der Waals surface area contributed by atoms with E-state index in [9.17, 15) is 10.0 Å². The van der Waals surface area contributed by atoms with Crippen molar-refractivity contribution in [2.45, 2.75) is 32.6 Å². The van der Waals surface area contributed by atoms with Crippen LogP contribution >= 0.6 is 12.4 Å². The van der Waals surface area contributed by atoms with Crippen LogP contribution in [0.25, 0.3) is 0 Å². The summed E-state index contributed by atoms with van der Waals surface area (Å²) in [5, 5.41) is 9.30. The minimum Gasteiger partial charge on any atom is -0.424 e. The molecule has 14 heavy (non-hydrogen) atoms. The number of hydrogen-bond donors (Lipinski definition) is 1. The minimum absolute atomic E-state index is 0. The molecule has 0 aliphatic heterocycles. The largest absolute Gasteiger partial charge is 0.424 e. The van der Waals surface area contributed by atoms with E-state index in [2.05, 4.69) is 4.98 Å². The monoisotopic (exact) mass is 216 g/mol. The zero-order valence-electron chi connectivity index (χ0n) is 7.99. The summed E-state index contributed by atoms with van der Waals surface area (Å²) in [7, 11) is 0. The van der Waals surface area contributed by atoms with Gasteiger partial charge in [0, 0.05) is 0 Å². The second-order valence-electron chi connectivity index (χ2n) is 3.42. The highest BCUT2D eigenvalue weighted by atomic mass is 35.5. The maximum absolute atomic E-state index is 11.1. The van der Waals surface area contributed by atoms with Crippen LogP contribution in [-0.4, -0.2) is 14.9 Å². The Kier molecular flexibility index (Phi) is 3.16. The summed E-state index contributed by atoms with van der Waals surface area (Å²) >= 11 is 0. The van der Waals surface area contributed by atoms with Crippen LogP contribution in [0.3, 0.4) is 0 Å². The van der Waals surface area contributed by atoms with Crippen LogP contribution in [0, 0.1) is 6.92 Å². The molecular weight excluding hydrogens is 204 g/mol. The lowest BCUT2D eigenvalue weighted by molar-refractivity contribution is 0.161. The van der Waals surface area contributed by atoms with Crippen molar-refractivity contribution in [2.24, 2.45) is 0 Å². The highest BCUT2D eigenvalue weighted by Gasteiger charge is 2.16. The third-order valence-electron chi connectivity index (χ3n) is 2.60. The van der Waals surface area contributed by atoms with E-state index in [1.807, 2.05) is 0 Å². The lowest BCUT2D eigenvalue weighted by atomic mass is 9.95. The van der Waals surface area contributed by atoms with Gasteiger partial charge in [0.1, 0.15) is 0 Å². The van der Waals surface area contributed by atoms with Crippen LogP contribution in [0.2, 0.25) is 0 Å². The first kappa shape index (κ1) is 11.0. The molecule has 0 spiro atoms. The predicted molar refractivity (Wildman–Crippen MR) is 54.3 cm³/mol. The van der Waals surface area contributed by atoms with E-state index in [1.165, 1.54) is 0 Å². The van der Waals surface area contributed by atoms with Gasteiger partial charge in [-0.25, -0.2) is 4.79 Å². The fraction of sp³-hybridized carbons (Fsp3) is 0.556. The summed E-state index contributed by atoms with van der Waals surface area (Å²) in [6, 6.07) is 0. The Labute approximate surface area is 88.0 Å². The Hall–Kier alpha value is -1.03. The van der Waals surface area contributed by atoms with Crippen molar-refractivity contribution < 1.29 is 5.21 Å². The van der Waals surface area contributed by atoms with Crippen molar-refractivity contribution in [1.82, 2.24) is 9.71 Å². The quantitative estimate of drug-likeness (QED) is 0.661. The molecule has 1 aromatic rings. The van der Waals surface area contributed by atoms with Crippen molar-refractivity contribution in [1.29, 1.82) is 0 Å². The topological polar surface area (TPSA) is 55.1 Å². The molecule has 0 aromatic carbocycles. The molecule has 1 aromatic heterocycles. The number of rotatable bonds is 0. The molecule has 0 saturated heterocycles. The standard InChI is InChI=1S/C9H12N2O2.ClH/c1-6-7-4-2-3-5-8(7)10-9(12)11(6)13;/h13H,2-5H2,1H3;1H. The van der Waals surface area contributed by atoms with Crippen molar-refractivity contribution in [2.75, 3.05) is 0 Å². The lowest BCUT2D eigenvalue weighted by Gasteiger charge is -2.16. The number of hydrogen-bond acceptors (Lipinski definition) is 3. The molecule has 1 heterocycles. The number of aryl methyl sites for hydroxylation is 1. The molecule has 0 atom stereocenters. The van der Waals surface area contributed by atoms with Crippen LogP contribution in [-0.2, 0) is 12.8 Å². The summed E-state index contributed by atoms with van der Waals surface area (Å²) in [6.45, 7) is 1.76. The molecule has 0 unspecified atom stereocenters. The maximum Gasteiger partial charge on any atom is 0.380 e. The molecule has 0 radical (unpaired) electrons. The zero-order chi connectivity index (χ0) is 9.42. The van der Waals surface area contributed by atoms with Gasteiger partial charge in [-0.1, -0.05) is 0 Å². The Morgan fingerprint density at radius 1 is 1.36 bits per heavy atom. The second-order valence-corrected chi connectivity index (χ2v) is 3.42. The number of nitrogens with zero attached hydrogens (tertiary/aromatic N) is 2. The molecule has 0 bridgehead atoms. The summed E-state index contributed by atoms with van der Waals surface area (Å²) in [5.41, 5.74) is 2.01. The molecule has 4 nitrogen and oxygen atoms in total. The number of aromatic nitrogens is 2. The van der Waals surface area contributed by atoms with E-state index in [0.717, 1.165) is 36.9 Å². The first-order chi connectivity index (χ1) is 6.20. The zero-order valence-corrected chi connectivity index (χ0v) is 8.80. The van der Waals surface area contributed by atoms with Crippen molar-refractivity contribution >= 4 is 12.4 Å². The molecule has 0 amide bonds. The highest BCUT2D eigenvalue weighted by molar-refractivity contribution is 5.85. The van der Waals surface area contributed by atoms with Crippen molar-refractivity contribution in [3.05, 3.63) is 27.4 Å². The maximum atomic E-state index is 11.1. The first-order valence-corrected chi connectivity index (χ1v) is 4.51. The van der Waals surface area contributed by atoms with Crippen molar-refractivity contribution in [3.8, 4) is 0 Å². The van der Waals surface area contributed by atoms with Gasteiger partial charge in [0.15, 0.2) is 0 Å². The van der Waals surface area contributed by atoms with E-state index in [0.29, 0.717) is 10.4 Å². The van der Waals surface area contributed by atoms with Crippen LogP contribution < -0.4 is 5.69 Å².